The van der Waals surface area contributed by atoms with Gasteiger partial charge in [-0.2, -0.15) is 0 Å². The first-order valence-corrected chi connectivity index (χ1v) is 8.31. The van der Waals surface area contributed by atoms with Crippen molar-refractivity contribution < 1.29 is 18.8 Å². The quantitative estimate of drug-likeness (QED) is 0.776. The number of methoxy groups -OCH3 is 2. The highest BCUT2D eigenvalue weighted by atomic mass is 16.5. The lowest BCUT2D eigenvalue weighted by molar-refractivity contribution is 0.101. The lowest BCUT2D eigenvalue weighted by Crippen LogP contribution is -2.15. The Kier molecular flexibility index (Phi) is 4.08. The molecule has 0 atom stereocenters. The minimum atomic E-state index is -0.304. The summed E-state index contributed by atoms with van der Waals surface area (Å²) in [7, 11) is 3.12. The third-order valence-corrected chi connectivity index (χ3v) is 4.55. The van der Waals surface area contributed by atoms with E-state index in [1.54, 1.807) is 32.4 Å². The zero-order valence-corrected chi connectivity index (χ0v) is 14.5. The molecule has 1 aliphatic carbocycles. The second-order valence-electron chi connectivity index (χ2n) is 6.02. The van der Waals surface area contributed by atoms with E-state index in [9.17, 15) is 4.79 Å². The van der Waals surface area contributed by atoms with Crippen LogP contribution in [-0.2, 0) is 12.8 Å². The summed E-state index contributed by atoms with van der Waals surface area (Å²) in [5, 5.41) is 6.87. The Morgan fingerprint density at radius 3 is 2.69 bits per heavy atom. The highest BCUT2D eigenvalue weighted by molar-refractivity contribution is 6.05. The van der Waals surface area contributed by atoms with Crippen LogP contribution in [0.25, 0.3) is 11.3 Å². The number of anilines is 1. The van der Waals surface area contributed by atoms with Crippen molar-refractivity contribution in [1.82, 2.24) is 5.16 Å². The molecule has 0 radical (unpaired) electrons. The number of nitrogens with zero attached hydrogens (tertiary/aromatic N) is 1. The highest BCUT2D eigenvalue weighted by Crippen LogP contribution is 2.35. The van der Waals surface area contributed by atoms with E-state index in [2.05, 4.69) is 16.5 Å². The molecule has 1 aromatic heterocycles. The summed E-state index contributed by atoms with van der Waals surface area (Å²) in [6.45, 7) is 0. The molecule has 0 spiro atoms. The molecule has 6 heteroatoms. The van der Waals surface area contributed by atoms with E-state index in [0.29, 0.717) is 28.6 Å². The molecule has 3 aromatic rings. The van der Waals surface area contributed by atoms with Crippen LogP contribution in [0.4, 0.5) is 5.69 Å². The Balaban J connectivity index is 1.62. The number of hydrogen-bond donors (Lipinski definition) is 1. The second-order valence-corrected chi connectivity index (χ2v) is 6.02. The van der Waals surface area contributed by atoms with Crippen molar-refractivity contribution in [3.63, 3.8) is 0 Å². The second kappa shape index (κ2) is 6.55. The molecular weight excluding hydrogens is 332 g/mol. The van der Waals surface area contributed by atoms with Crippen LogP contribution >= 0.6 is 0 Å². The first-order valence-electron chi connectivity index (χ1n) is 8.31. The van der Waals surface area contributed by atoms with E-state index in [1.807, 2.05) is 18.2 Å². The third-order valence-electron chi connectivity index (χ3n) is 4.55. The van der Waals surface area contributed by atoms with Gasteiger partial charge in [-0.1, -0.05) is 29.4 Å². The predicted octanol–water partition coefficient (Wildman–Crippen LogP) is 3.71. The maximum absolute atomic E-state index is 12.7. The van der Waals surface area contributed by atoms with Gasteiger partial charge in [0.25, 0.3) is 5.91 Å². The maximum atomic E-state index is 12.7. The van der Waals surface area contributed by atoms with Crippen LogP contribution in [0.15, 0.2) is 47.0 Å². The average Bonchev–Trinajstić information content (AvgIpc) is 3.12. The zero-order chi connectivity index (χ0) is 18.1. The molecule has 132 valence electrons. The molecule has 0 saturated heterocycles. The summed E-state index contributed by atoms with van der Waals surface area (Å²) >= 11 is 0. The van der Waals surface area contributed by atoms with Gasteiger partial charge in [-0.3, -0.25) is 4.79 Å². The van der Waals surface area contributed by atoms with E-state index in [-0.39, 0.29) is 5.91 Å². The van der Waals surface area contributed by atoms with E-state index in [4.69, 9.17) is 14.0 Å². The van der Waals surface area contributed by atoms with Crippen molar-refractivity contribution in [2.75, 3.05) is 19.5 Å². The number of aromatic nitrogens is 1. The molecule has 6 nitrogen and oxygen atoms in total. The number of rotatable bonds is 4. The SMILES string of the molecule is COc1ccc(NC(=O)c2noc3c2CCc2ccccc2-3)cc1OC. The number of aryl methyl sites for hydroxylation is 1. The Labute approximate surface area is 150 Å². The van der Waals surface area contributed by atoms with Crippen molar-refractivity contribution >= 4 is 11.6 Å². The highest BCUT2D eigenvalue weighted by Gasteiger charge is 2.27. The Hall–Kier alpha value is -3.28. The number of fused-ring (bicyclic) bond motifs is 3. The summed E-state index contributed by atoms with van der Waals surface area (Å²) in [6, 6.07) is 13.2. The van der Waals surface area contributed by atoms with Crippen LogP contribution in [0.3, 0.4) is 0 Å². The maximum Gasteiger partial charge on any atom is 0.278 e. The van der Waals surface area contributed by atoms with E-state index < -0.39 is 0 Å². The number of amides is 1. The van der Waals surface area contributed by atoms with Gasteiger partial charge >= 0.3 is 0 Å². The minimum absolute atomic E-state index is 0.304. The zero-order valence-electron chi connectivity index (χ0n) is 14.5. The fourth-order valence-electron chi connectivity index (χ4n) is 3.25. The molecule has 0 saturated carbocycles. The predicted molar refractivity (Wildman–Crippen MR) is 96.8 cm³/mol. The molecule has 1 aliphatic rings. The van der Waals surface area contributed by atoms with E-state index >= 15 is 0 Å². The molecule has 0 fully saturated rings. The topological polar surface area (TPSA) is 73.6 Å². The van der Waals surface area contributed by atoms with Crippen LogP contribution in [0, 0.1) is 0 Å². The van der Waals surface area contributed by atoms with Crippen molar-refractivity contribution in [2.45, 2.75) is 12.8 Å². The van der Waals surface area contributed by atoms with Gasteiger partial charge in [0.1, 0.15) is 0 Å². The van der Waals surface area contributed by atoms with Crippen LogP contribution in [0.1, 0.15) is 21.6 Å². The molecule has 0 aliphatic heterocycles. The van der Waals surface area contributed by atoms with Crippen molar-refractivity contribution in [3.8, 4) is 22.8 Å². The number of ether oxygens (including phenoxy) is 2. The smallest absolute Gasteiger partial charge is 0.278 e. The molecule has 1 amide bonds. The van der Waals surface area contributed by atoms with Gasteiger partial charge in [0, 0.05) is 22.9 Å². The average molecular weight is 350 g/mol. The van der Waals surface area contributed by atoms with Crippen LogP contribution in [0.5, 0.6) is 11.5 Å². The van der Waals surface area contributed by atoms with Gasteiger partial charge in [0.05, 0.1) is 14.2 Å². The Bertz CT molecular complexity index is 978. The number of carbonyl (C=O) groups excluding carboxylic acids is 1. The fraction of sp³-hybridized carbons (Fsp3) is 0.200. The third kappa shape index (κ3) is 2.69. The normalized spacial score (nSPS) is 12.1. The molecular formula is C20H18N2O4. The Morgan fingerprint density at radius 1 is 1.08 bits per heavy atom. The summed E-state index contributed by atoms with van der Waals surface area (Å²) in [6.07, 6.45) is 1.59. The van der Waals surface area contributed by atoms with Crippen molar-refractivity contribution in [2.24, 2.45) is 0 Å². The number of benzene rings is 2. The van der Waals surface area contributed by atoms with Crippen LogP contribution in [0.2, 0.25) is 0 Å². The van der Waals surface area contributed by atoms with Crippen molar-refractivity contribution in [1.29, 1.82) is 0 Å². The fourth-order valence-corrected chi connectivity index (χ4v) is 3.25. The molecule has 4 rings (SSSR count). The monoisotopic (exact) mass is 350 g/mol. The molecule has 0 bridgehead atoms. The number of carbonyl (C=O) groups is 1. The number of nitrogens with one attached hydrogen (secondary N) is 1. The summed E-state index contributed by atoms with van der Waals surface area (Å²) in [5.41, 5.74) is 3.99. The number of hydrogen-bond acceptors (Lipinski definition) is 5. The van der Waals surface area contributed by atoms with Crippen molar-refractivity contribution in [3.05, 3.63) is 59.3 Å². The van der Waals surface area contributed by atoms with Crippen LogP contribution < -0.4 is 14.8 Å². The largest absolute Gasteiger partial charge is 0.493 e. The van der Waals surface area contributed by atoms with Gasteiger partial charge in [-0.25, -0.2) is 0 Å². The van der Waals surface area contributed by atoms with Gasteiger partial charge in [0.2, 0.25) is 0 Å². The first kappa shape index (κ1) is 16.2. The lowest BCUT2D eigenvalue weighted by atomic mass is 9.89. The molecule has 2 aromatic carbocycles. The van der Waals surface area contributed by atoms with Gasteiger partial charge < -0.3 is 19.3 Å². The van der Waals surface area contributed by atoms with E-state index in [0.717, 1.165) is 24.0 Å². The summed E-state index contributed by atoms with van der Waals surface area (Å²) < 4.78 is 16.0. The molecule has 26 heavy (non-hydrogen) atoms. The molecule has 1 N–H and O–H groups in total. The van der Waals surface area contributed by atoms with Crippen LogP contribution in [-0.4, -0.2) is 25.3 Å². The molecule has 1 heterocycles. The Morgan fingerprint density at radius 2 is 1.88 bits per heavy atom. The standard InChI is InChI=1S/C20H18N2O4/c1-24-16-10-8-13(11-17(16)25-2)21-20(23)18-15-9-7-12-5-3-4-6-14(12)19(15)26-22-18/h3-6,8,10-11H,7,9H2,1-2H3,(H,21,23). The summed E-state index contributed by atoms with van der Waals surface area (Å²) in [5.74, 6) is 1.52. The van der Waals surface area contributed by atoms with Gasteiger partial charge in [0.15, 0.2) is 23.0 Å². The summed E-state index contributed by atoms with van der Waals surface area (Å²) in [4.78, 5) is 12.7. The molecule has 0 unspecified atom stereocenters. The van der Waals surface area contributed by atoms with Gasteiger partial charge in [-0.05, 0) is 30.5 Å². The van der Waals surface area contributed by atoms with Gasteiger partial charge in [-0.15, -0.1) is 0 Å². The van der Waals surface area contributed by atoms with E-state index in [1.165, 1.54) is 5.56 Å². The lowest BCUT2D eigenvalue weighted by Gasteiger charge is -2.14. The minimum Gasteiger partial charge on any atom is -0.493 e. The first-order chi connectivity index (χ1) is 12.7.